The first-order chi connectivity index (χ1) is 17.8. The molecule has 37 heavy (non-hydrogen) atoms. The molecule has 7 heteroatoms. The molecule has 2 aliphatic rings. The third-order valence-electron chi connectivity index (χ3n) is 7.04. The Labute approximate surface area is 221 Å². The monoisotopic (exact) mass is 514 g/mol. The lowest BCUT2D eigenvalue weighted by Crippen LogP contribution is -2.42. The minimum Gasteiger partial charge on any atom is -0.380 e. The summed E-state index contributed by atoms with van der Waals surface area (Å²) in [6.45, 7) is 7.59. The van der Waals surface area contributed by atoms with Crippen molar-refractivity contribution in [3.05, 3.63) is 95.1 Å². The number of aryl methyl sites for hydroxylation is 1. The summed E-state index contributed by atoms with van der Waals surface area (Å²) in [7, 11) is -1.37. The van der Waals surface area contributed by atoms with E-state index in [1.807, 2.05) is 60.7 Å². The summed E-state index contributed by atoms with van der Waals surface area (Å²) in [6, 6.07) is 23.7. The molecular weight excluding hydrogens is 480 g/mol. The molecule has 192 valence electrons. The Bertz CT molecular complexity index is 1340. The van der Waals surface area contributed by atoms with Crippen LogP contribution < -0.4 is 10.0 Å². The molecule has 2 N–H and O–H groups in total. The second-order valence-corrected chi connectivity index (χ2v) is 11.6. The van der Waals surface area contributed by atoms with Crippen molar-refractivity contribution in [2.75, 3.05) is 18.4 Å². The molecule has 5 rings (SSSR count). The maximum atomic E-state index is 13.6. The van der Waals surface area contributed by atoms with Crippen molar-refractivity contribution in [1.29, 1.82) is 0 Å². The number of hydrogen-bond donors (Lipinski definition) is 2. The fourth-order valence-corrected chi connectivity index (χ4v) is 6.07. The molecule has 0 aliphatic carbocycles. The molecular formula is C30H34N4O2S. The Balaban J connectivity index is 1.38. The van der Waals surface area contributed by atoms with E-state index >= 15 is 0 Å². The highest BCUT2D eigenvalue weighted by Crippen LogP contribution is 2.38. The second-order valence-electron chi connectivity index (χ2n) is 10.4. The minimum atomic E-state index is -1.37. The van der Waals surface area contributed by atoms with Crippen LogP contribution in [0.1, 0.15) is 60.3 Å². The van der Waals surface area contributed by atoms with Crippen LogP contribution in [0, 0.1) is 0 Å². The lowest BCUT2D eigenvalue weighted by Gasteiger charge is -2.39. The maximum Gasteiger partial charge on any atom is 0.259 e. The van der Waals surface area contributed by atoms with Gasteiger partial charge in [-0.15, -0.1) is 0 Å². The summed E-state index contributed by atoms with van der Waals surface area (Å²) in [5.41, 5.74) is 4.71. The first-order valence-electron chi connectivity index (χ1n) is 12.9. The number of benzene rings is 3. The van der Waals surface area contributed by atoms with E-state index in [2.05, 4.69) is 47.9 Å². The molecule has 0 fully saturated rings. The van der Waals surface area contributed by atoms with Crippen LogP contribution in [0.3, 0.4) is 0 Å². The number of anilines is 1. The molecule has 0 aromatic heterocycles. The minimum absolute atomic E-state index is 0.0464. The Hall–Kier alpha value is -3.29. The van der Waals surface area contributed by atoms with Crippen molar-refractivity contribution in [2.45, 2.75) is 56.5 Å². The van der Waals surface area contributed by atoms with E-state index in [1.54, 1.807) is 4.90 Å². The zero-order valence-electron chi connectivity index (χ0n) is 21.7. The summed E-state index contributed by atoms with van der Waals surface area (Å²) in [5.74, 6) is 0.759. The number of nitrogens with one attached hydrogen (secondary N) is 2. The van der Waals surface area contributed by atoms with E-state index in [9.17, 15) is 9.00 Å². The van der Waals surface area contributed by atoms with Gasteiger partial charge in [0.1, 0.15) is 16.8 Å². The largest absolute Gasteiger partial charge is 0.380 e. The van der Waals surface area contributed by atoms with Crippen molar-refractivity contribution < 1.29 is 9.00 Å². The first-order valence-corrected chi connectivity index (χ1v) is 14.1. The van der Waals surface area contributed by atoms with Crippen molar-refractivity contribution in [2.24, 2.45) is 4.99 Å². The highest BCUT2D eigenvalue weighted by atomic mass is 32.2. The molecule has 6 nitrogen and oxygen atoms in total. The molecule has 0 radical (unpaired) electrons. The van der Waals surface area contributed by atoms with Crippen LogP contribution in [-0.4, -0.2) is 39.5 Å². The number of rotatable bonds is 7. The first kappa shape index (κ1) is 25.4. The number of aliphatic imine (C=N–C) groups is 1. The Kier molecular flexibility index (Phi) is 7.26. The molecule has 1 amide bonds. The van der Waals surface area contributed by atoms with E-state index in [4.69, 9.17) is 0 Å². The van der Waals surface area contributed by atoms with Crippen LogP contribution in [0.25, 0.3) is 0 Å². The van der Waals surface area contributed by atoms with E-state index in [0.717, 1.165) is 40.4 Å². The number of carbonyl (C=O) groups excluding carboxylic acids is 1. The van der Waals surface area contributed by atoms with Gasteiger partial charge in [-0.3, -0.25) is 14.7 Å². The van der Waals surface area contributed by atoms with Gasteiger partial charge in [0.05, 0.1) is 11.4 Å². The van der Waals surface area contributed by atoms with Gasteiger partial charge in [-0.2, -0.15) is 0 Å². The van der Waals surface area contributed by atoms with Gasteiger partial charge < -0.3 is 5.32 Å². The standard InChI is InChI=1S/C30H34N4O2S/c1-4-21-10-13-24(14-11-21)37(36)33-27-20-30(2,3)32-26-15-12-23(19-25(26)27)29(35)34-17-16-31-28(34)18-22-8-6-5-7-9-22/h5-15,19,27,32-33H,4,16-18,20H2,1-3H3/t27-,37?/m0/s1. The Morgan fingerprint density at radius 3 is 2.57 bits per heavy atom. The van der Waals surface area contributed by atoms with Gasteiger partial charge in [-0.25, -0.2) is 8.93 Å². The zero-order valence-corrected chi connectivity index (χ0v) is 22.5. The molecule has 2 aliphatic heterocycles. The molecule has 0 saturated carbocycles. The summed E-state index contributed by atoms with van der Waals surface area (Å²) in [6.07, 6.45) is 2.32. The van der Waals surface area contributed by atoms with Crippen LogP contribution in [0.4, 0.5) is 5.69 Å². The second kappa shape index (κ2) is 10.6. The SMILES string of the molecule is CCc1ccc(S(=O)N[C@H]2CC(C)(C)Nc3ccc(C(=O)N4CCN=C4Cc4ccccc4)cc32)cc1. The van der Waals surface area contributed by atoms with Crippen molar-refractivity contribution in [3.63, 3.8) is 0 Å². The van der Waals surface area contributed by atoms with E-state index < -0.39 is 11.0 Å². The zero-order chi connectivity index (χ0) is 26.0. The highest BCUT2D eigenvalue weighted by Gasteiger charge is 2.34. The van der Waals surface area contributed by atoms with Crippen LogP contribution >= 0.6 is 0 Å². The molecule has 2 atom stereocenters. The third-order valence-corrected chi connectivity index (χ3v) is 8.24. The molecule has 0 spiro atoms. The number of fused-ring (bicyclic) bond motifs is 1. The quantitative estimate of drug-likeness (QED) is 0.450. The number of amides is 1. The topological polar surface area (TPSA) is 73.8 Å². The normalized spacial score (nSPS) is 19.1. The molecule has 0 saturated heterocycles. The van der Waals surface area contributed by atoms with Gasteiger partial charge in [-0.1, -0.05) is 49.4 Å². The maximum absolute atomic E-state index is 13.6. The van der Waals surface area contributed by atoms with Crippen molar-refractivity contribution >= 4 is 28.4 Å². The van der Waals surface area contributed by atoms with Crippen LogP contribution in [0.2, 0.25) is 0 Å². The van der Waals surface area contributed by atoms with Gasteiger partial charge in [-0.05, 0) is 73.7 Å². The van der Waals surface area contributed by atoms with Crippen LogP contribution in [0.15, 0.2) is 82.7 Å². The predicted octanol–water partition coefficient (Wildman–Crippen LogP) is 5.29. The van der Waals surface area contributed by atoms with E-state index in [1.165, 1.54) is 5.56 Å². The van der Waals surface area contributed by atoms with Crippen molar-refractivity contribution in [3.8, 4) is 0 Å². The highest BCUT2D eigenvalue weighted by molar-refractivity contribution is 7.83. The van der Waals surface area contributed by atoms with Gasteiger partial charge in [0.25, 0.3) is 5.91 Å². The van der Waals surface area contributed by atoms with Crippen LogP contribution in [-0.2, 0) is 23.8 Å². The fraction of sp³-hybridized carbons (Fsp3) is 0.333. The number of carbonyl (C=O) groups is 1. The van der Waals surface area contributed by atoms with E-state index in [0.29, 0.717) is 25.1 Å². The fourth-order valence-electron chi connectivity index (χ4n) is 5.08. The average molecular weight is 515 g/mol. The van der Waals surface area contributed by atoms with Gasteiger partial charge >= 0.3 is 0 Å². The van der Waals surface area contributed by atoms with Gasteiger partial charge in [0.15, 0.2) is 0 Å². The summed E-state index contributed by atoms with van der Waals surface area (Å²) in [4.78, 5) is 20.8. The summed E-state index contributed by atoms with van der Waals surface area (Å²) < 4.78 is 16.6. The molecule has 2 heterocycles. The lowest BCUT2D eigenvalue weighted by atomic mass is 9.85. The van der Waals surface area contributed by atoms with Crippen molar-refractivity contribution in [1.82, 2.24) is 9.62 Å². The molecule has 1 unspecified atom stereocenters. The average Bonchev–Trinajstić information content (AvgIpc) is 3.36. The number of amidine groups is 1. The van der Waals surface area contributed by atoms with E-state index in [-0.39, 0.29) is 17.5 Å². The van der Waals surface area contributed by atoms with Gasteiger partial charge in [0, 0.05) is 35.8 Å². The van der Waals surface area contributed by atoms with Gasteiger partial charge in [0.2, 0.25) is 0 Å². The molecule has 3 aromatic rings. The molecule has 0 bridgehead atoms. The Morgan fingerprint density at radius 1 is 1.08 bits per heavy atom. The third kappa shape index (κ3) is 5.68. The summed E-state index contributed by atoms with van der Waals surface area (Å²) >= 11 is 0. The van der Waals surface area contributed by atoms with Crippen LogP contribution in [0.5, 0.6) is 0 Å². The smallest absolute Gasteiger partial charge is 0.259 e. The number of hydrogen-bond acceptors (Lipinski definition) is 4. The molecule has 3 aromatic carbocycles. The Morgan fingerprint density at radius 2 is 1.84 bits per heavy atom. The number of nitrogens with zero attached hydrogens (tertiary/aromatic N) is 2. The predicted molar refractivity (Wildman–Crippen MR) is 150 cm³/mol. The summed E-state index contributed by atoms with van der Waals surface area (Å²) in [5, 5.41) is 3.58. The lowest BCUT2D eigenvalue weighted by molar-refractivity contribution is 0.0856.